The van der Waals surface area contributed by atoms with Crippen LogP contribution < -0.4 is 4.74 Å². The predicted octanol–water partition coefficient (Wildman–Crippen LogP) is 3.78. The van der Waals surface area contributed by atoms with Gasteiger partial charge in [-0.15, -0.1) is 0 Å². The second kappa shape index (κ2) is 5.98. The van der Waals surface area contributed by atoms with Crippen molar-refractivity contribution in [3.63, 3.8) is 0 Å². The summed E-state index contributed by atoms with van der Waals surface area (Å²) in [6, 6.07) is 14.6. The molecule has 5 nitrogen and oxygen atoms in total. The second-order valence-electron chi connectivity index (χ2n) is 8.99. The first-order valence-corrected chi connectivity index (χ1v) is 9.85. The van der Waals surface area contributed by atoms with Crippen molar-refractivity contribution < 1.29 is 19.4 Å². The van der Waals surface area contributed by atoms with Crippen LogP contribution >= 0.6 is 0 Å². The molecular weight excluding hydrogens is 354 g/mol. The van der Waals surface area contributed by atoms with Crippen LogP contribution in [0.1, 0.15) is 42.3 Å². The first kappa shape index (κ1) is 17.6. The Kier molecular flexibility index (Phi) is 3.75. The molecule has 0 saturated carbocycles. The number of carbonyl (C=O) groups is 1. The summed E-state index contributed by atoms with van der Waals surface area (Å²) in [4.78, 5) is 14.6. The van der Waals surface area contributed by atoms with Gasteiger partial charge in [0.15, 0.2) is 0 Å². The van der Waals surface area contributed by atoms with E-state index in [9.17, 15) is 9.90 Å². The highest BCUT2D eigenvalue weighted by molar-refractivity contribution is 5.95. The molecule has 2 fully saturated rings. The van der Waals surface area contributed by atoms with E-state index in [1.807, 2.05) is 23.1 Å². The number of likely N-dealkylation sites (tertiary alicyclic amines) is 1. The molecule has 0 bridgehead atoms. The van der Waals surface area contributed by atoms with Gasteiger partial charge in [0.25, 0.3) is 5.91 Å². The zero-order valence-electron chi connectivity index (χ0n) is 16.2. The third kappa shape index (κ3) is 2.68. The first-order valence-electron chi connectivity index (χ1n) is 9.85. The van der Waals surface area contributed by atoms with Gasteiger partial charge in [-0.2, -0.15) is 0 Å². The minimum Gasteiger partial charge on any atom is -0.508 e. The lowest BCUT2D eigenvalue weighted by atomic mass is 9.64. The molecule has 2 saturated heterocycles. The number of aromatic hydroxyl groups is 1. The average Bonchev–Trinajstić information content (AvgIpc) is 2.65. The Bertz CT molecular complexity index is 914. The lowest BCUT2D eigenvalue weighted by molar-refractivity contribution is -0.191. The number of rotatable bonds is 1. The molecule has 3 aliphatic rings. The molecule has 3 heterocycles. The van der Waals surface area contributed by atoms with Gasteiger partial charge in [0, 0.05) is 35.5 Å². The van der Waals surface area contributed by atoms with Gasteiger partial charge in [-0.05, 0) is 50.6 Å². The second-order valence-corrected chi connectivity index (χ2v) is 8.99. The van der Waals surface area contributed by atoms with Crippen LogP contribution in [0.25, 0.3) is 0 Å². The van der Waals surface area contributed by atoms with Gasteiger partial charge in [-0.3, -0.25) is 4.79 Å². The lowest BCUT2D eigenvalue weighted by Gasteiger charge is -2.58. The number of hydrogen-bond acceptors (Lipinski definition) is 4. The van der Waals surface area contributed by atoms with E-state index in [4.69, 9.17) is 9.47 Å². The molecule has 1 spiro atoms. The Hall–Kier alpha value is -2.53. The molecule has 2 aromatic rings. The van der Waals surface area contributed by atoms with Gasteiger partial charge >= 0.3 is 0 Å². The fourth-order valence-electron chi connectivity index (χ4n) is 5.01. The van der Waals surface area contributed by atoms with Crippen LogP contribution in [0.5, 0.6) is 11.5 Å². The van der Waals surface area contributed by atoms with Crippen LogP contribution in [-0.4, -0.2) is 41.2 Å². The van der Waals surface area contributed by atoms with Crippen molar-refractivity contribution in [2.24, 2.45) is 11.3 Å². The quantitative estimate of drug-likeness (QED) is 0.819. The monoisotopic (exact) mass is 379 g/mol. The molecule has 0 unspecified atom stereocenters. The molecular formula is C23H25NO4. The summed E-state index contributed by atoms with van der Waals surface area (Å²) in [7, 11) is 0. The van der Waals surface area contributed by atoms with Crippen LogP contribution in [-0.2, 0) is 4.74 Å². The normalized spacial score (nSPS) is 26.6. The molecule has 146 valence electrons. The Morgan fingerprint density at radius 1 is 1.11 bits per heavy atom. The molecule has 28 heavy (non-hydrogen) atoms. The van der Waals surface area contributed by atoms with E-state index in [0.717, 1.165) is 17.7 Å². The predicted molar refractivity (Wildman–Crippen MR) is 104 cm³/mol. The van der Waals surface area contributed by atoms with Crippen molar-refractivity contribution in [3.05, 3.63) is 59.7 Å². The van der Waals surface area contributed by atoms with E-state index >= 15 is 0 Å². The highest BCUT2D eigenvalue weighted by Crippen LogP contribution is 2.55. The molecule has 0 aliphatic carbocycles. The van der Waals surface area contributed by atoms with E-state index in [1.165, 1.54) is 0 Å². The van der Waals surface area contributed by atoms with Gasteiger partial charge in [0.05, 0.1) is 12.7 Å². The lowest BCUT2D eigenvalue weighted by Crippen LogP contribution is -2.65. The SMILES string of the molecule is CC1(C)Oc2ccccc2[C@H]2OCC3(C[C@@H]21)CN(C(=O)c1ccc(O)cc1)C3. The van der Waals surface area contributed by atoms with Crippen LogP contribution in [0.4, 0.5) is 0 Å². The topological polar surface area (TPSA) is 59.0 Å². The number of nitrogens with zero attached hydrogens (tertiary/aromatic N) is 1. The maximum atomic E-state index is 12.7. The fraction of sp³-hybridized carbons (Fsp3) is 0.435. The maximum Gasteiger partial charge on any atom is 0.253 e. The highest BCUT2D eigenvalue weighted by Gasteiger charge is 2.56. The number of amides is 1. The number of ether oxygens (including phenoxy) is 2. The Morgan fingerprint density at radius 3 is 2.57 bits per heavy atom. The Morgan fingerprint density at radius 2 is 1.82 bits per heavy atom. The third-order valence-corrected chi connectivity index (χ3v) is 6.53. The number of phenols is 1. The first-order chi connectivity index (χ1) is 13.4. The molecule has 2 aromatic carbocycles. The average molecular weight is 379 g/mol. The maximum absolute atomic E-state index is 12.7. The van der Waals surface area contributed by atoms with Crippen LogP contribution in [0.15, 0.2) is 48.5 Å². The van der Waals surface area contributed by atoms with Crippen molar-refractivity contribution >= 4 is 5.91 Å². The van der Waals surface area contributed by atoms with Crippen molar-refractivity contribution in [2.75, 3.05) is 19.7 Å². The van der Waals surface area contributed by atoms with Crippen molar-refractivity contribution in [3.8, 4) is 11.5 Å². The summed E-state index contributed by atoms with van der Waals surface area (Å²) in [6.45, 7) is 6.35. The zero-order chi connectivity index (χ0) is 19.5. The summed E-state index contributed by atoms with van der Waals surface area (Å²) in [6.07, 6.45) is 1.03. The molecule has 0 aromatic heterocycles. The van der Waals surface area contributed by atoms with Gasteiger partial charge in [0.2, 0.25) is 0 Å². The van der Waals surface area contributed by atoms with Gasteiger partial charge in [-0.25, -0.2) is 0 Å². The minimum absolute atomic E-state index is 0.000654. The number of hydrogen-bond donors (Lipinski definition) is 1. The number of carbonyl (C=O) groups excluding carboxylic acids is 1. The molecule has 5 rings (SSSR count). The summed E-state index contributed by atoms with van der Waals surface area (Å²) in [5.74, 6) is 1.35. The summed E-state index contributed by atoms with van der Waals surface area (Å²) >= 11 is 0. The van der Waals surface area contributed by atoms with Gasteiger partial charge in [-0.1, -0.05) is 18.2 Å². The number of para-hydroxylation sites is 1. The summed E-state index contributed by atoms with van der Waals surface area (Å²) < 4.78 is 12.7. The molecule has 1 amide bonds. The third-order valence-electron chi connectivity index (χ3n) is 6.53. The fourth-order valence-corrected chi connectivity index (χ4v) is 5.01. The van der Waals surface area contributed by atoms with Crippen LogP contribution in [0, 0.1) is 11.3 Å². The van der Waals surface area contributed by atoms with Crippen LogP contribution in [0.3, 0.4) is 0 Å². The van der Waals surface area contributed by atoms with Crippen molar-refractivity contribution in [1.82, 2.24) is 4.90 Å². The zero-order valence-corrected chi connectivity index (χ0v) is 16.2. The Balaban J connectivity index is 1.33. The van der Waals surface area contributed by atoms with E-state index in [0.29, 0.717) is 25.3 Å². The van der Waals surface area contributed by atoms with E-state index < -0.39 is 0 Å². The summed E-state index contributed by atoms with van der Waals surface area (Å²) in [5, 5.41) is 9.42. The Labute approximate surface area is 164 Å². The molecule has 2 atom stereocenters. The molecule has 3 aliphatic heterocycles. The van der Waals surface area contributed by atoms with Crippen molar-refractivity contribution in [1.29, 1.82) is 0 Å². The van der Waals surface area contributed by atoms with E-state index in [2.05, 4.69) is 19.9 Å². The number of phenolic OH excluding ortho intramolecular Hbond substituents is 1. The van der Waals surface area contributed by atoms with E-state index in [1.54, 1.807) is 24.3 Å². The van der Waals surface area contributed by atoms with E-state index in [-0.39, 0.29) is 34.7 Å². The van der Waals surface area contributed by atoms with Crippen molar-refractivity contribution in [2.45, 2.75) is 32.0 Å². The van der Waals surface area contributed by atoms with Crippen LogP contribution in [0.2, 0.25) is 0 Å². The summed E-state index contributed by atoms with van der Waals surface area (Å²) in [5.41, 5.74) is 1.43. The number of fused-ring (bicyclic) bond motifs is 3. The van der Waals surface area contributed by atoms with Gasteiger partial charge in [0.1, 0.15) is 17.1 Å². The molecule has 1 N–H and O–H groups in total. The highest BCUT2D eigenvalue weighted by atomic mass is 16.5. The standard InChI is InChI=1S/C23H25NO4/c1-22(2)18-11-23(14-27-20(18)17-5-3-4-6-19(17)28-22)12-24(13-23)21(26)15-7-9-16(25)10-8-15/h3-10,18,20,25H,11-14H2,1-2H3/t18-,20+/m0/s1. The van der Waals surface area contributed by atoms with Gasteiger partial charge < -0.3 is 19.5 Å². The number of benzene rings is 2. The molecule has 0 radical (unpaired) electrons. The smallest absolute Gasteiger partial charge is 0.253 e. The largest absolute Gasteiger partial charge is 0.508 e. The molecule has 5 heteroatoms. The minimum atomic E-state index is -0.312.